The van der Waals surface area contributed by atoms with Crippen molar-refractivity contribution in [2.24, 2.45) is 5.92 Å². The van der Waals surface area contributed by atoms with Crippen LogP contribution in [0.2, 0.25) is 0 Å². The van der Waals surface area contributed by atoms with Crippen LogP contribution in [-0.4, -0.2) is 11.6 Å². The zero-order valence-corrected chi connectivity index (χ0v) is 10.4. The number of fused-ring (bicyclic) bond motifs is 3. The number of hydrogen-bond donors (Lipinski definition) is 1. The highest BCUT2D eigenvalue weighted by molar-refractivity contribution is 5.52. The van der Waals surface area contributed by atoms with Crippen LogP contribution in [0.5, 0.6) is 17.4 Å². The molecule has 19 heavy (non-hydrogen) atoms. The fourth-order valence-corrected chi connectivity index (χ4v) is 2.65. The molecular formula is C15H14N2O2. The van der Waals surface area contributed by atoms with Crippen molar-refractivity contribution < 1.29 is 9.47 Å². The van der Waals surface area contributed by atoms with Gasteiger partial charge in [-0.2, -0.15) is 0 Å². The van der Waals surface area contributed by atoms with Gasteiger partial charge < -0.3 is 15.2 Å². The third kappa shape index (κ3) is 1.80. The summed E-state index contributed by atoms with van der Waals surface area (Å²) in [4.78, 5) is 4.17. The van der Waals surface area contributed by atoms with Crippen LogP contribution in [0.25, 0.3) is 0 Å². The molecule has 0 radical (unpaired) electrons. The van der Waals surface area contributed by atoms with Gasteiger partial charge in [-0.05, 0) is 30.5 Å². The van der Waals surface area contributed by atoms with E-state index in [1.807, 2.05) is 18.2 Å². The monoisotopic (exact) mass is 254 g/mol. The molecule has 2 heterocycles. The van der Waals surface area contributed by atoms with E-state index in [2.05, 4.69) is 4.98 Å². The van der Waals surface area contributed by atoms with Crippen molar-refractivity contribution in [1.82, 2.24) is 4.98 Å². The molecule has 0 saturated heterocycles. The number of rotatable bonds is 2. The van der Waals surface area contributed by atoms with Gasteiger partial charge in [0.2, 0.25) is 5.88 Å². The third-order valence-corrected chi connectivity index (χ3v) is 3.75. The second-order valence-corrected chi connectivity index (χ2v) is 5.11. The molecule has 1 fully saturated rings. The van der Waals surface area contributed by atoms with Crippen molar-refractivity contribution in [3.05, 3.63) is 42.1 Å². The van der Waals surface area contributed by atoms with Crippen molar-refractivity contribution in [2.45, 2.75) is 12.3 Å². The van der Waals surface area contributed by atoms with Crippen LogP contribution in [0.15, 0.2) is 36.5 Å². The Labute approximate surface area is 111 Å². The molecule has 2 unspecified atom stereocenters. The average Bonchev–Trinajstić information content (AvgIpc) is 3.21. The van der Waals surface area contributed by atoms with Gasteiger partial charge in [0.25, 0.3) is 0 Å². The third-order valence-electron chi connectivity index (χ3n) is 3.75. The van der Waals surface area contributed by atoms with E-state index in [0.29, 0.717) is 23.4 Å². The molecule has 1 aliphatic carbocycles. The van der Waals surface area contributed by atoms with Gasteiger partial charge in [-0.15, -0.1) is 0 Å². The van der Waals surface area contributed by atoms with Crippen molar-refractivity contribution in [3.63, 3.8) is 0 Å². The fraction of sp³-hybridized carbons (Fsp3) is 0.267. The first kappa shape index (κ1) is 10.7. The van der Waals surface area contributed by atoms with E-state index in [4.69, 9.17) is 15.2 Å². The maximum absolute atomic E-state index is 5.88. The van der Waals surface area contributed by atoms with Gasteiger partial charge in [0, 0.05) is 17.5 Å². The average molecular weight is 254 g/mol. The molecule has 1 aromatic heterocycles. The quantitative estimate of drug-likeness (QED) is 0.895. The Balaban J connectivity index is 1.70. The van der Waals surface area contributed by atoms with E-state index in [-0.39, 0.29) is 0 Å². The van der Waals surface area contributed by atoms with Crippen molar-refractivity contribution >= 4 is 5.69 Å². The molecule has 0 bridgehead atoms. The minimum absolute atomic E-state index is 0.561. The number of aromatic nitrogens is 1. The van der Waals surface area contributed by atoms with Gasteiger partial charge in [-0.3, -0.25) is 0 Å². The Morgan fingerprint density at radius 1 is 1.26 bits per heavy atom. The van der Waals surface area contributed by atoms with Crippen molar-refractivity contribution in [1.29, 1.82) is 0 Å². The first-order valence-corrected chi connectivity index (χ1v) is 6.46. The molecule has 2 N–H and O–H groups in total. The van der Waals surface area contributed by atoms with Gasteiger partial charge in [0.05, 0.1) is 18.5 Å². The zero-order chi connectivity index (χ0) is 12.8. The van der Waals surface area contributed by atoms with Gasteiger partial charge in [0.1, 0.15) is 11.5 Å². The molecule has 0 spiro atoms. The highest BCUT2D eigenvalue weighted by atomic mass is 16.5. The van der Waals surface area contributed by atoms with E-state index >= 15 is 0 Å². The van der Waals surface area contributed by atoms with Crippen LogP contribution < -0.4 is 15.2 Å². The summed E-state index contributed by atoms with van der Waals surface area (Å²) >= 11 is 0. The number of benzene rings is 1. The van der Waals surface area contributed by atoms with Crippen LogP contribution in [-0.2, 0) is 0 Å². The lowest BCUT2D eigenvalue weighted by atomic mass is 10.0. The summed E-state index contributed by atoms with van der Waals surface area (Å²) in [6.45, 7) is 0.835. The number of nitrogen functional groups attached to an aromatic ring is 1. The number of hydrogen-bond acceptors (Lipinski definition) is 4. The minimum Gasteiger partial charge on any atom is -0.493 e. The second-order valence-electron chi connectivity index (χ2n) is 5.11. The van der Waals surface area contributed by atoms with Crippen molar-refractivity contribution in [2.75, 3.05) is 12.3 Å². The summed E-state index contributed by atoms with van der Waals surface area (Å²) in [5.41, 5.74) is 7.45. The van der Waals surface area contributed by atoms with Crippen LogP contribution in [0.3, 0.4) is 0 Å². The fourth-order valence-electron chi connectivity index (χ4n) is 2.65. The zero-order valence-electron chi connectivity index (χ0n) is 10.4. The predicted molar refractivity (Wildman–Crippen MR) is 71.5 cm³/mol. The highest BCUT2D eigenvalue weighted by Crippen LogP contribution is 2.56. The Hall–Kier alpha value is -2.23. The minimum atomic E-state index is 0.561. The summed E-state index contributed by atoms with van der Waals surface area (Å²) in [5.74, 6) is 3.62. The van der Waals surface area contributed by atoms with E-state index in [1.165, 1.54) is 12.0 Å². The smallest absolute Gasteiger partial charge is 0.219 e. The molecule has 4 nitrogen and oxygen atoms in total. The topological polar surface area (TPSA) is 57.4 Å². The van der Waals surface area contributed by atoms with Crippen LogP contribution >= 0.6 is 0 Å². The molecular weight excluding hydrogens is 240 g/mol. The Morgan fingerprint density at radius 3 is 3.05 bits per heavy atom. The standard InChI is InChI=1S/C15H14N2O2/c16-10-4-5-14(17-7-10)19-13-3-1-2-12-15(13)11-6-9(11)8-18-12/h1-5,7,9,11H,6,8,16H2. The lowest BCUT2D eigenvalue weighted by Crippen LogP contribution is -2.09. The van der Waals surface area contributed by atoms with Crippen LogP contribution in [0, 0.1) is 5.92 Å². The second kappa shape index (κ2) is 3.88. The number of pyridine rings is 1. The van der Waals surface area contributed by atoms with Gasteiger partial charge in [-0.25, -0.2) is 4.98 Å². The van der Waals surface area contributed by atoms with Crippen molar-refractivity contribution in [3.8, 4) is 17.4 Å². The highest BCUT2D eigenvalue weighted by Gasteiger charge is 2.45. The SMILES string of the molecule is Nc1ccc(Oc2cccc3c2C2CC2CO3)nc1. The summed E-state index contributed by atoms with van der Waals surface area (Å²) in [6.07, 6.45) is 2.80. The molecule has 2 atom stereocenters. The van der Waals surface area contributed by atoms with Crippen LogP contribution in [0.4, 0.5) is 5.69 Å². The molecule has 2 aromatic rings. The molecule has 2 aliphatic rings. The maximum Gasteiger partial charge on any atom is 0.219 e. The predicted octanol–water partition coefficient (Wildman–Crippen LogP) is 2.95. The molecule has 96 valence electrons. The van der Waals surface area contributed by atoms with Gasteiger partial charge in [0.15, 0.2) is 0 Å². The largest absolute Gasteiger partial charge is 0.493 e. The lowest BCUT2D eigenvalue weighted by Gasteiger charge is -2.19. The molecule has 1 aromatic carbocycles. The number of ether oxygens (including phenoxy) is 2. The van der Waals surface area contributed by atoms with Gasteiger partial charge in [-0.1, -0.05) is 6.07 Å². The lowest BCUT2D eigenvalue weighted by molar-refractivity contribution is 0.276. The Bertz CT molecular complexity index is 625. The van der Waals surface area contributed by atoms with E-state index in [0.717, 1.165) is 18.1 Å². The normalized spacial score (nSPS) is 22.9. The number of nitrogens with zero attached hydrogens (tertiary/aromatic N) is 1. The molecule has 4 heteroatoms. The molecule has 0 amide bonds. The Kier molecular flexibility index (Phi) is 2.18. The first-order valence-electron chi connectivity index (χ1n) is 6.46. The van der Waals surface area contributed by atoms with E-state index < -0.39 is 0 Å². The molecule has 1 aliphatic heterocycles. The van der Waals surface area contributed by atoms with E-state index in [9.17, 15) is 0 Å². The summed E-state index contributed by atoms with van der Waals surface area (Å²) in [5, 5.41) is 0. The van der Waals surface area contributed by atoms with Crippen LogP contribution in [0.1, 0.15) is 17.9 Å². The number of nitrogens with two attached hydrogens (primary N) is 1. The maximum atomic E-state index is 5.88. The first-order chi connectivity index (χ1) is 9.31. The molecule has 4 rings (SSSR count). The summed E-state index contributed by atoms with van der Waals surface area (Å²) in [6, 6.07) is 9.50. The van der Waals surface area contributed by atoms with Gasteiger partial charge >= 0.3 is 0 Å². The summed E-state index contributed by atoms with van der Waals surface area (Å²) in [7, 11) is 0. The number of anilines is 1. The molecule has 1 saturated carbocycles. The van der Waals surface area contributed by atoms with E-state index in [1.54, 1.807) is 18.3 Å². The summed E-state index contributed by atoms with van der Waals surface area (Å²) < 4.78 is 11.6. The Morgan fingerprint density at radius 2 is 2.21 bits per heavy atom.